The van der Waals surface area contributed by atoms with Crippen molar-refractivity contribution in [3.05, 3.63) is 39.3 Å². The molecule has 0 aliphatic carbocycles. The zero-order chi connectivity index (χ0) is 16.6. The third kappa shape index (κ3) is 3.46. The van der Waals surface area contributed by atoms with Crippen LogP contribution in [0.25, 0.3) is 5.65 Å². The summed E-state index contributed by atoms with van der Waals surface area (Å²) < 4.78 is 2.40. The summed E-state index contributed by atoms with van der Waals surface area (Å²) in [5, 5.41) is 26.2. The second-order valence-electron chi connectivity index (χ2n) is 6.30. The highest BCUT2D eigenvalue weighted by Crippen LogP contribution is 2.27. The lowest BCUT2D eigenvalue weighted by Crippen LogP contribution is -2.18. The average molecular weight is 352 g/mol. The average Bonchev–Trinajstić information content (AvgIpc) is 3.09. The molecular weight excluding hydrogens is 334 g/mol. The van der Waals surface area contributed by atoms with Gasteiger partial charge in [0.15, 0.2) is 11.5 Å². The Morgan fingerprint density at radius 1 is 1.26 bits per heavy atom. The van der Waals surface area contributed by atoms with Crippen LogP contribution in [0.2, 0.25) is 4.34 Å². The molecule has 0 amide bonds. The number of thiophene rings is 1. The van der Waals surface area contributed by atoms with E-state index in [4.69, 9.17) is 11.6 Å². The third-order valence-electron chi connectivity index (χ3n) is 3.33. The maximum absolute atomic E-state index is 10.2. The number of aromatic nitrogens is 4. The first-order valence-corrected chi connectivity index (χ1v) is 8.44. The van der Waals surface area contributed by atoms with Crippen LogP contribution in [0.15, 0.2) is 24.3 Å². The topological polar surface area (TPSA) is 75.3 Å². The number of nitrogens with one attached hydrogen (secondary N) is 1. The number of rotatable bonds is 4. The van der Waals surface area contributed by atoms with Crippen molar-refractivity contribution in [1.29, 1.82) is 0 Å². The summed E-state index contributed by atoms with van der Waals surface area (Å²) in [5.41, 5.74) is 0.546. The summed E-state index contributed by atoms with van der Waals surface area (Å²) in [6.45, 7) is 6.54. The van der Waals surface area contributed by atoms with Crippen molar-refractivity contribution in [2.45, 2.75) is 32.3 Å². The molecule has 0 saturated heterocycles. The second kappa shape index (κ2) is 6.07. The largest absolute Gasteiger partial charge is 0.386 e. The smallest absolute Gasteiger partial charge is 0.178 e. The predicted octanol–water partition coefficient (Wildman–Crippen LogP) is 3.28. The molecule has 3 heterocycles. The first-order valence-electron chi connectivity index (χ1n) is 7.25. The van der Waals surface area contributed by atoms with Crippen LogP contribution in [0.1, 0.15) is 37.6 Å². The molecule has 2 N–H and O–H groups in total. The Balaban J connectivity index is 1.78. The van der Waals surface area contributed by atoms with Crippen LogP contribution in [0.3, 0.4) is 0 Å². The van der Waals surface area contributed by atoms with Crippen LogP contribution in [0.5, 0.6) is 0 Å². The van der Waals surface area contributed by atoms with Crippen LogP contribution in [0.4, 0.5) is 5.82 Å². The van der Waals surface area contributed by atoms with E-state index >= 15 is 0 Å². The molecule has 1 atom stereocenters. The number of anilines is 1. The Morgan fingerprint density at radius 3 is 2.70 bits per heavy atom. The quantitative estimate of drug-likeness (QED) is 0.754. The van der Waals surface area contributed by atoms with E-state index in [0.29, 0.717) is 22.3 Å². The molecule has 0 aliphatic rings. The van der Waals surface area contributed by atoms with Crippen LogP contribution in [0, 0.1) is 0 Å². The van der Waals surface area contributed by atoms with E-state index < -0.39 is 6.10 Å². The second-order valence-corrected chi connectivity index (χ2v) is 8.05. The first-order chi connectivity index (χ1) is 10.8. The molecule has 0 radical (unpaired) electrons. The van der Waals surface area contributed by atoms with Gasteiger partial charge in [-0.25, -0.2) is 0 Å². The monoisotopic (exact) mass is 351 g/mol. The summed E-state index contributed by atoms with van der Waals surface area (Å²) in [5.74, 6) is 1.45. The number of aliphatic hydroxyl groups is 1. The Morgan fingerprint density at radius 2 is 2.04 bits per heavy atom. The van der Waals surface area contributed by atoms with Gasteiger partial charge in [0.1, 0.15) is 11.9 Å². The number of hydrogen-bond donors (Lipinski definition) is 2. The number of fused-ring (bicyclic) bond motifs is 1. The molecule has 0 fully saturated rings. The van der Waals surface area contributed by atoms with Gasteiger partial charge in [-0.15, -0.1) is 26.6 Å². The van der Waals surface area contributed by atoms with Gasteiger partial charge in [-0.3, -0.25) is 0 Å². The van der Waals surface area contributed by atoms with Gasteiger partial charge in [0.25, 0.3) is 0 Å². The van der Waals surface area contributed by atoms with Crippen molar-refractivity contribution in [3.63, 3.8) is 0 Å². The summed E-state index contributed by atoms with van der Waals surface area (Å²) in [7, 11) is 0. The van der Waals surface area contributed by atoms with Gasteiger partial charge in [0, 0.05) is 16.8 Å². The van der Waals surface area contributed by atoms with Crippen LogP contribution in [-0.4, -0.2) is 31.5 Å². The van der Waals surface area contributed by atoms with E-state index in [1.807, 2.05) is 18.2 Å². The standard InChI is InChI=1S/C15H18ClN5OS/c1-15(2,3)14-19-18-13-7-6-12(20-21(13)14)17-8-9(22)10-4-5-11(16)23-10/h4-7,9,22H,8H2,1-3H3,(H,17,20). The predicted molar refractivity (Wildman–Crippen MR) is 92.3 cm³/mol. The lowest BCUT2D eigenvalue weighted by molar-refractivity contribution is 0.195. The fraction of sp³-hybridized carbons (Fsp3) is 0.400. The van der Waals surface area contributed by atoms with Gasteiger partial charge in [-0.1, -0.05) is 32.4 Å². The minimum atomic E-state index is -0.631. The summed E-state index contributed by atoms with van der Waals surface area (Å²) in [6, 6.07) is 7.28. The summed E-state index contributed by atoms with van der Waals surface area (Å²) >= 11 is 7.26. The van der Waals surface area contributed by atoms with Crippen molar-refractivity contribution in [1.82, 2.24) is 19.8 Å². The minimum absolute atomic E-state index is 0.154. The van der Waals surface area contributed by atoms with Crippen molar-refractivity contribution in [2.75, 3.05) is 11.9 Å². The van der Waals surface area contributed by atoms with Gasteiger partial charge in [-0.2, -0.15) is 4.52 Å². The van der Waals surface area contributed by atoms with Gasteiger partial charge < -0.3 is 10.4 Å². The van der Waals surface area contributed by atoms with E-state index in [9.17, 15) is 5.11 Å². The maximum Gasteiger partial charge on any atom is 0.178 e. The van der Waals surface area contributed by atoms with E-state index in [1.165, 1.54) is 11.3 Å². The fourth-order valence-electron chi connectivity index (χ4n) is 2.16. The highest BCUT2D eigenvalue weighted by Gasteiger charge is 2.22. The molecule has 0 aromatic carbocycles. The molecule has 122 valence electrons. The van der Waals surface area contributed by atoms with Crippen LogP contribution < -0.4 is 5.32 Å². The Bertz CT molecular complexity index is 823. The van der Waals surface area contributed by atoms with Crippen molar-refractivity contribution >= 4 is 34.4 Å². The molecule has 0 spiro atoms. The maximum atomic E-state index is 10.2. The Hall–Kier alpha value is -1.70. The van der Waals surface area contributed by atoms with Crippen molar-refractivity contribution in [3.8, 4) is 0 Å². The molecule has 0 aliphatic heterocycles. The highest BCUT2D eigenvalue weighted by molar-refractivity contribution is 7.16. The third-order valence-corrected chi connectivity index (χ3v) is 4.66. The number of aliphatic hydroxyl groups excluding tert-OH is 1. The number of halogens is 1. The molecule has 3 rings (SSSR count). The lowest BCUT2D eigenvalue weighted by Gasteiger charge is -2.15. The van der Waals surface area contributed by atoms with Gasteiger partial charge in [0.05, 0.1) is 4.34 Å². The Labute approximate surface area is 143 Å². The van der Waals surface area contributed by atoms with Crippen molar-refractivity contribution in [2.24, 2.45) is 0 Å². The van der Waals surface area contributed by atoms with Gasteiger partial charge in [-0.05, 0) is 24.3 Å². The van der Waals surface area contributed by atoms with E-state index in [2.05, 4.69) is 41.4 Å². The summed E-state index contributed by atoms with van der Waals surface area (Å²) in [4.78, 5) is 0.822. The molecular formula is C15H18ClN5OS. The zero-order valence-corrected chi connectivity index (χ0v) is 14.7. The normalized spacial score (nSPS) is 13.4. The van der Waals surface area contributed by atoms with Crippen LogP contribution in [-0.2, 0) is 5.41 Å². The van der Waals surface area contributed by atoms with Crippen LogP contribution >= 0.6 is 22.9 Å². The molecule has 0 bridgehead atoms. The van der Waals surface area contributed by atoms with Gasteiger partial charge in [0.2, 0.25) is 0 Å². The molecule has 3 aromatic rings. The SMILES string of the molecule is CC(C)(C)c1nnc2ccc(NCC(O)c3ccc(Cl)s3)nn12. The fourth-order valence-corrected chi connectivity index (χ4v) is 3.21. The number of nitrogens with zero attached hydrogens (tertiary/aromatic N) is 4. The summed E-state index contributed by atoms with van der Waals surface area (Å²) in [6.07, 6.45) is -0.631. The van der Waals surface area contributed by atoms with E-state index in [-0.39, 0.29) is 5.41 Å². The number of hydrogen-bond acceptors (Lipinski definition) is 6. The molecule has 6 nitrogen and oxygen atoms in total. The van der Waals surface area contributed by atoms with Gasteiger partial charge >= 0.3 is 0 Å². The lowest BCUT2D eigenvalue weighted by atomic mass is 9.96. The molecule has 0 saturated carbocycles. The van der Waals surface area contributed by atoms with Crippen molar-refractivity contribution < 1.29 is 5.11 Å². The Kier molecular flexibility index (Phi) is 4.27. The first kappa shape index (κ1) is 16.2. The zero-order valence-electron chi connectivity index (χ0n) is 13.1. The van der Waals surface area contributed by atoms with E-state index in [0.717, 1.165) is 10.7 Å². The molecule has 1 unspecified atom stereocenters. The molecule has 8 heteroatoms. The molecule has 3 aromatic heterocycles. The minimum Gasteiger partial charge on any atom is -0.386 e. The molecule has 23 heavy (non-hydrogen) atoms. The highest BCUT2D eigenvalue weighted by atomic mass is 35.5. The van der Waals surface area contributed by atoms with E-state index in [1.54, 1.807) is 10.6 Å².